The van der Waals surface area contributed by atoms with Gasteiger partial charge in [0.1, 0.15) is 12.1 Å². The first-order valence-corrected chi connectivity index (χ1v) is 12.1. The maximum absolute atomic E-state index is 14.4. The average Bonchev–Trinajstić information content (AvgIpc) is 3.28. The van der Waals surface area contributed by atoms with Crippen molar-refractivity contribution in [3.05, 3.63) is 65.2 Å². The zero-order chi connectivity index (χ0) is 24.3. The Labute approximate surface area is 200 Å². The van der Waals surface area contributed by atoms with Crippen LogP contribution in [0.15, 0.2) is 42.5 Å². The minimum absolute atomic E-state index is 0.111. The molecule has 2 aliphatic rings. The van der Waals surface area contributed by atoms with Crippen molar-refractivity contribution in [1.82, 2.24) is 10.2 Å². The molecule has 0 amide bonds. The van der Waals surface area contributed by atoms with Gasteiger partial charge in [0.2, 0.25) is 5.82 Å². The highest BCUT2D eigenvalue weighted by atomic mass is 19.2. The van der Waals surface area contributed by atoms with E-state index in [4.69, 9.17) is 9.84 Å². The lowest BCUT2D eigenvalue weighted by molar-refractivity contribution is -0.139. The Bertz CT molecular complexity index is 991. The predicted octanol–water partition coefficient (Wildman–Crippen LogP) is 4.39. The molecule has 2 aromatic carbocycles. The fourth-order valence-corrected chi connectivity index (χ4v) is 5.68. The van der Waals surface area contributed by atoms with Crippen LogP contribution in [0.3, 0.4) is 0 Å². The minimum Gasteiger partial charge on any atom is -0.486 e. The van der Waals surface area contributed by atoms with E-state index >= 15 is 0 Å². The molecular weight excluding hydrogens is 438 g/mol. The molecule has 34 heavy (non-hydrogen) atoms. The van der Waals surface area contributed by atoms with Crippen LogP contribution >= 0.6 is 0 Å². The number of ether oxygens (including phenoxy) is 1. The van der Waals surface area contributed by atoms with Crippen LogP contribution < -0.4 is 10.1 Å². The molecule has 0 spiro atoms. The van der Waals surface area contributed by atoms with Crippen LogP contribution in [0.2, 0.25) is 0 Å². The lowest BCUT2D eigenvalue weighted by Gasteiger charge is -2.42. The molecule has 0 bridgehead atoms. The van der Waals surface area contributed by atoms with E-state index in [0.717, 1.165) is 37.8 Å². The highest BCUT2D eigenvalue weighted by Gasteiger charge is 2.37. The number of benzene rings is 2. The number of halogens is 2. The van der Waals surface area contributed by atoms with Gasteiger partial charge in [-0.25, -0.2) is 4.39 Å². The van der Waals surface area contributed by atoms with Crippen LogP contribution in [0.5, 0.6) is 5.75 Å². The SMILES string of the molecule is CN(C)CC1(c2ccccc2)CCC(Cc2cc(F)c(F)c(O[C@@H]3CN[C@H](C(=O)O)C3)c2)CC1. The van der Waals surface area contributed by atoms with E-state index in [-0.39, 0.29) is 17.6 Å². The lowest BCUT2D eigenvalue weighted by Crippen LogP contribution is -2.41. The van der Waals surface area contributed by atoms with Gasteiger partial charge in [0.05, 0.1) is 0 Å². The molecule has 1 saturated carbocycles. The number of rotatable bonds is 8. The smallest absolute Gasteiger partial charge is 0.320 e. The van der Waals surface area contributed by atoms with Crippen molar-refractivity contribution in [2.45, 2.75) is 56.1 Å². The predicted molar refractivity (Wildman–Crippen MR) is 127 cm³/mol. The summed E-state index contributed by atoms with van der Waals surface area (Å²) in [6.07, 6.45) is 4.53. The number of carboxylic acid groups (broad SMARTS) is 1. The second kappa shape index (κ2) is 10.4. The average molecular weight is 473 g/mol. The fraction of sp³-hybridized carbons (Fsp3) is 0.519. The number of carboxylic acids is 1. The van der Waals surface area contributed by atoms with Crippen molar-refractivity contribution in [3.8, 4) is 5.75 Å². The monoisotopic (exact) mass is 472 g/mol. The Kier molecular flexibility index (Phi) is 7.53. The molecule has 0 unspecified atom stereocenters. The largest absolute Gasteiger partial charge is 0.486 e. The van der Waals surface area contributed by atoms with Crippen LogP contribution in [-0.2, 0) is 16.6 Å². The van der Waals surface area contributed by atoms with Gasteiger partial charge in [0.15, 0.2) is 11.6 Å². The molecule has 4 rings (SSSR count). The number of hydrogen-bond donors (Lipinski definition) is 2. The molecule has 2 atom stereocenters. The number of hydrogen-bond acceptors (Lipinski definition) is 4. The maximum Gasteiger partial charge on any atom is 0.320 e. The summed E-state index contributed by atoms with van der Waals surface area (Å²) in [6, 6.07) is 12.8. The third-order valence-electron chi connectivity index (χ3n) is 7.33. The van der Waals surface area contributed by atoms with Crippen molar-refractivity contribution in [2.75, 3.05) is 27.2 Å². The molecule has 0 aromatic heterocycles. The fourth-order valence-electron chi connectivity index (χ4n) is 5.68. The van der Waals surface area contributed by atoms with E-state index in [2.05, 4.69) is 48.6 Å². The second-order valence-corrected chi connectivity index (χ2v) is 10.2. The Morgan fingerprint density at radius 1 is 1.18 bits per heavy atom. The molecule has 2 N–H and O–H groups in total. The highest BCUT2D eigenvalue weighted by molar-refractivity contribution is 5.73. The summed E-state index contributed by atoms with van der Waals surface area (Å²) in [7, 11) is 4.22. The van der Waals surface area contributed by atoms with Gasteiger partial charge in [0, 0.05) is 24.9 Å². The molecule has 1 aliphatic heterocycles. The number of carbonyl (C=O) groups is 1. The summed E-state index contributed by atoms with van der Waals surface area (Å²) >= 11 is 0. The summed E-state index contributed by atoms with van der Waals surface area (Å²) in [6.45, 7) is 1.28. The summed E-state index contributed by atoms with van der Waals surface area (Å²) in [5, 5.41) is 12.0. The van der Waals surface area contributed by atoms with Crippen LogP contribution in [-0.4, -0.2) is 55.3 Å². The van der Waals surface area contributed by atoms with Gasteiger partial charge < -0.3 is 20.1 Å². The molecule has 7 heteroatoms. The van der Waals surface area contributed by atoms with Gasteiger partial charge in [-0.15, -0.1) is 0 Å². The van der Waals surface area contributed by atoms with Crippen LogP contribution in [0.1, 0.15) is 43.2 Å². The zero-order valence-corrected chi connectivity index (χ0v) is 19.9. The van der Waals surface area contributed by atoms with Crippen molar-refractivity contribution in [2.24, 2.45) is 5.92 Å². The molecule has 2 aromatic rings. The zero-order valence-electron chi connectivity index (χ0n) is 19.9. The molecule has 1 aliphatic carbocycles. The van der Waals surface area contributed by atoms with Gasteiger partial charge in [-0.2, -0.15) is 4.39 Å². The Morgan fingerprint density at radius 2 is 1.88 bits per heavy atom. The molecular formula is C27H34F2N2O3. The van der Waals surface area contributed by atoms with Crippen LogP contribution in [0.25, 0.3) is 0 Å². The van der Waals surface area contributed by atoms with E-state index in [1.54, 1.807) is 6.07 Å². The van der Waals surface area contributed by atoms with E-state index in [0.29, 0.717) is 18.9 Å². The van der Waals surface area contributed by atoms with Gasteiger partial charge in [-0.05, 0) is 75.4 Å². The maximum atomic E-state index is 14.4. The van der Waals surface area contributed by atoms with E-state index in [1.165, 1.54) is 11.6 Å². The first-order chi connectivity index (χ1) is 16.3. The van der Waals surface area contributed by atoms with Crippen molar-refractivity contribution in [3.63, 3.8) is 0 Å². The van der Waals surface area contributed by atoms with E-state index in [9.17, 15) is 13.6 Å². The normalized spacial score (nSPS) is 27.1. The minimum atomic E-state index is -1.01. The molecule has 5 nitrogen and oxygen atoms in total. The number of aliphatic carboxylic acids is 1. The van der Waals surface area contributed by atoms with Crippen LogP contribution in [0.4, 0.5) is 8.78 Å². The van der Waals surface area contributed by atoms with Crippen LogP contribution in [0, 0.1) is 17.6 Å². The van der Waals surface area contributed by atoms with Gasteiger partial charge in [0.25, 0.3) is 0 Å². The molecule has 2 fully saturated rings. The van der Waals surface area contributed by atoms with Crippen molar-refractivity contribution in [1.29, 1.82) is 0 Å². The van der Waals surface area contributed by atoms with E-state index in [1.807, 2.05) is 6.07 Å². The van der Waals surface area contributed by atoms with Gasteiger partial charge in [-0.1, -0.05) is 30.3 Å². The lowest BCUT2D eigenvalue weighted by atomic mass is 9.65. The summed E-state index contributed by atoms with van der Waals surface area (Å²) in [5.74, 6) is -2.64. The molecule has 1 saturated heterocycles. The summed E-state index contributed by atoms with van der Waals surface area (Å²) in [4.78, 5) is 13.4. The molecule has 0 radical (unpaired) electrons. The Morgan fingerprint density at radius 3 is 2.50 bits per heavy atom. The Hall–Kier alpha value is -2.51. The Balaban J connectivity index is 1.43. The van der Waals surface area contributed by atoms with Crippen molar-refractivity contribution >= 4 is 5.97 Å². The highest BCUT2D eigenvalue weighted by Crippen LogP contribution is 2.43. The first-order valence-electron chi connectivity index (χ1n) is 12.1. The number of likely N-dealkylation sites (N-methyl/N-ethyl adjacent to an activating group) is 1. The number of nitrogens with zero attached hydrogens (tertiary/aromatic N) is 1. The third kappa shape index (κ3) is 5.58. The number of nitrogens with one attached hydrogen (secondary N) is 1. The van der Waals surface area contributed by atoms with Crippen molar-refractivity contribution < 1.29 is 23.4 Å². The molecule has 1 heterocycles. The topological polar surface area (TPSA) is 61.8 Å². The van der Waals surface area contributed by atoms with E-state index < -0.39 is 29.7 Å². The standard InChI is InChI=1S/C27H34F2N2O3/c1-31(2)17-27(20-6-4-3-5-7-20)10-8-18(9-11-27)12-19-13-22(28)25(29)24(14-19)34-21-15-23(26(32)33)30-16-21/h3-7,13-14,18,21,23,30H,8-12,15-17H2,1-2H3,(H,32,33)/t18?,21-,23-,27?/m0/s1. The molecule has 184 valence electrons. The summed E-state index contributed by atoms with van der Waals surface area (Å²) in [5.41, 5.74) is 2.20. The third-order valence-corrected chi connectivity index (χ3v) is 7.33. The quantitative estimate of drug-likeness (QED) is 0.597. The summed E-state index contributed by atoms with van der Waals surface area (Å²) < 4.78 is 34.5. The second-order valence-electron chi connectivity index (χ2n) is 10.2. The van der Waals surface area contributed by atoms with Gasteiger partial charge in [-0.3, -0.25) is 4.79 Å². The first kappa shape index (κ1) is 24.6. The van der Waals surface area contributed by atoms with Gasteiger partial charge >= 0.3 is 5.97 Å².